The first-order valence-electron chi connectivity index (χ1n) is 5.62. The molecule has 0 unspecified atom stereocenters. The molecule has 0 spiro atoms. The Kier molecular flexibility index (Phi) is 3.86. The van der Waals surface area contributed by atoms with Gasteiger partial charge in [-0.1, -0.05) is 0 Å². The highest BCUT2D eigenvalue weighted by molar-refractivity contribution is 9.10. The zero-order valence-electron chi connectivity index (χ0n) is 9.93. The van der Waals surface area contributed by atoms with E-state index in [9.17, 15) is 27.2 Å². The Bertz CT molecular complexity index is 586. The number of rotatable bonds is 3. The first kappa shape index (κ1) is 15.0. The van der Waals surface area contributed by atoms with Crippen molar-refractivity contribution in [2.75, 3.05) is 11.4 Å². The van der Waals surface area contributed by atoms with Crippen molar-refractivity contribution in [1.82, 2.24) is 0 Å². The van der Waals surface area contributed by atoms with E-state index in [2.05, 4.69) is 15.9 Å². The van der Waals surface area contributed by atoms with E-state index in [4.69, 9.17) is 0 Å². The zero-order valence-corrected chi connectivity index (χ0v) is 11.5. The minimum absolute atomic E-state index is 0.128. The highest BCUT2D eigenvalue weighted by Gasteiger charge is 2.38. The summed E-state index contributed by atoms with van der Waals surface area (Å²) in [5.74, 6) is -2.55. The highest BCUT2D eigenvalue weighted by atomic mass is 79.9. The lowest BCUT2D eigenvalue weighted by Gasteiger charge is -2.18. The maximum absolute atomic E-state index is 13.2. The number of amides is 1. The molecule has 0 atom stereocenters. The number of carbonyl (C=O) groups is 2. The van der Waals surface area contributed by atoms with Crippen molar-refractivity contribution < 1.29 is 27.2 Å². The maximum Gasteiger partial charge on any atom is 0.389 e. The maximum atomic E-state index is 13.2. The van der Waals surface area contributed by atoms with Crippen molar-refractivity contribution in [2.45, 2.75) is 19.0 Å². The van der Waals surface area contributed by atoms with Crippen molar-refractivity contribution in [3.8, 4) is 0 Å². The lowest BCUT2D eigenvalue weighted by atomic mass is 10.1. The fourth-order valence-electron chi connectivity index (χ4n) is 2.00. The van der Waals surface area contributed by atoms with E-state index in [0.29, 0.717) is 0 Å². The van der Waals surface area contributed by atoms with E-state index in [1.54, 1.807) is 0 Å². The first-order valence-corrected chi connectivity index (χ1v) is 6.42. The fraction of sp³-hybridized carbons (Fsp3) is 0.333. The van der Waals surface area contributed by atoms with E-state index in [-0.39, 0.29) is 28.7 Å². The molecule has 2 rings (SSSR count). The molecule has 0 N–H and O–H groups in total. The monoisotopic (exact) mass is 353 g/mol. The van der Waals surface area contributed by atoms with Crippen molar-refractivity contribution in [1.29, 1.82) is 0 Å². The number of Topliss-reactive ketones (excluding diaryl/α,β-unsaturated/α-hetero) is 1. The average Bonchev–Trinajstić information content (AvgIpc) is 2.53. The van der Waals surface area contributed by atoms with Crippen molar-refractivity contribution in [2.24, 2.45) is 0 Å². The number of carbonyl (C=O) groups excluding carboxylic acids is 2. The van der Waals surface area contributed by atoms with Crippen LogP contribution < -0.4 is 4.90 Å². The Balaban J connectivity index is 2.25. The third-order valence-corrected chi connectivity index (χ3v) is 3.43. The summed E-state index contributed by atoms with van der Waals surface area (Å²) in [5.41, 5.74) is -0.00235. The Hall–Kier alpha value is -1.44. The normalized spacial score (nSPS) is 14.9. The third-order valence-electron chi connectivity index (χ3n) is 2.82. The molecule has 0 bridgehead atoms. The van der Waals surface area contributed by atoms with Gasteiger partial charge in [-0.2, -0.15) is 13.2 Å². The van der Waals surface area contributed by atoms with E-state index >= 15 is 0 Å². The molecule has 1 amide bonds. The molecule has 1 aliphatic heterocycles. The van der Waals surface area contributed by atoms with Gasteiger partial charge in [0.25, 0.3) is 11.7 Å². The van der Waals surface area contributed by atoms with E-state index in [0.717, 1.165) is 17.0 Å². The molecular formula is C12H8BrF4NO2. The largest absolute Gasteiger partial charge is 0.389 e. The molecule has 0 saturated carbocycles. The van der Waals surface area contributed by atoms with Crippen LogP contribution >= 0.6 is 15.9 Å². The van der Waals surface area contributed by atoms with E-state index in [1.165, 1.54) is 0 Å². The average molecular weight is 354 g/mol. The zero-order chi connectivity index (χ0) is 15.1. The standard InChI is InChI=1S/C12H8BrF4NO2/c13-8-5-6(14)4-7-9(8)18(11(20)10(7)19)3-1-2-12(15,16)17/h4-5H,1-3H2. The van der Waals surface area contributed by atoms with Crippen molar-refractivity contribution in [3.05, 3.63) is 28.0 Å². The summed E-state index contributed by atoms with van der Waals surface area (Å²) < 4.78 is 49.7. The van der Waals surface area contributed by atoms with Gasteiger partial charge < -0.3 is 4.90 Å². The predicted octanol–water partition coefficient (Wildman–Crippen LogP) is 3.46. The van der Waals surface area contributed by atoms with Gasteiger partial charge >= 0.3 is 6.18 Å². The minimum Gasteiger partial charge on any atom is -0.304 e. The van der Waals surface area contributed by atoms with Gasteiger partial charge in [-0.15, -0.1) is 0 Å². The smallest absolute Gasteiger partial charge is 0.304 e. The number of hydrogen-bond acceptors (Lipinski definition) is 2. The van der Waals surface area contributed by atoms with E-state index < -0.39 is 30.1 Å². The molecule has 108 valence electrons. The van der Waals surface area contributed by atoms with Gasteiger partial charge in [0.1, 0.15) is 5.82 Å². The van der Waals surface area contributed by atoms with Crippen molar-refractivity contribution in [3.63, 3.8) is 0 Å². The van der Waals surface area contributed by atoms with Crippen LogP contribution in [0.2, 0.25) is 0 Å². The van der Waals surface area contributed by atoms with Crippen molar-refractivity contribution >= 4 is 33.3 Å². The quantitative estimate of drug-likeness (QED) is 0.616. The molecule has 20 heavy (non-hydrogen) atoms. The lowest BCUT2D eigenvalue weighted by Crippen LogP contribution is -2.31. The summed E-state index contributed by atoms with van der Waals surface area (Å²) in [6.07, 6.45) is -5.71. The molecule has 1 aliphatic rings. The van der Waals surface area contributed by atoms with Crippen LogP contribution in [0.25, 0.3) is 0 Å². The molecule has 1 aromatic carbocycles. The number of alkyl halides is 3. The van der Waals surface area contributed by atoms with Crippen LogP contribution in [0.5, 0.6) is 0 Å². The number of nitrogens with zero attached hydrogens (tertiary/aromatic N) is 1. The van der Waals surface area contributed by atoms with Crippen LogP contribution in [-0.4, -0.2) is 24.4 Å². The third kappa shape index (κ3) is 2.84. The van der Waals surface area contributed by atoms with Gasteiger partial charge in [0.05, 0.1) is 11.3 Å². The number of benzene rings is 1. The van der Waals surface area contributed by atoms with Gasteiger partial charge in [-0.05, 0) is 34.5 Å². The van der Waals surface area contributed by atoms with Crippen LogP contribution in [0, 0.1) is 5.82 Å². The lowest BCUT2D eigenvalue weighted by molar-refractivity contribution is -0.135. The highest BCUT2D eigenvalue weighted by Crippen LogP contribution is 2.37. The molecule has 3 nitrogen and oxygen atoms in total. The van der Waals surface area contributed by atoms with Crippen LogP contribution in [0.15, 0.2) is 16.6 Å². The molecule has 1 aromatic rings. The van der Waals surface area contributed by atoms with Crippen LogP contribution in [0.3, 0.4) is 0 Å². The van der Waals surface area contributed by atoms with Gasteiger partial charge in [0.15, 0.2) is 0 Å². The van der Waals surface area contributed by atoms with Gasteiger partial charge in [0, 0.05) is 17.4 Å². The Morgan fingerprint density at radius 1 is 1.20 bits per heavy atom. The number of halogens is 5. The molecule has 0 aliphatic carbocycles. The molecule has 0 aromatic heterocycles. The van der Waals surface area contributed by atoms with Gasteiger partial charge in [-0.25, -0.2) is 4.39 Å². The summed E-state index contributed by atoms with van der Waals surface area (Å²) >= 11 is 3.02. The molecule has 0 saturated heterocycles. The SMILES string of the molecule is O=C1C(=O)N(CCCC(F)(F)F)c2c(Br)cc(F)cc21. The minimum atomic E-state index is -4.32. The van der Waals surface area contributed by atoms with Gasteiger partial charge in [-0.3, -0.25) is 9.59 Å². The number of fused-ring (bicyclic) bond motifs is 1. The second kappa shape index (κ2) is 5.16. The van der Waals surface area contributed by atoms with Crippen LogP contribution in [0.1, 0.15) is 23.2 Å². The number of ketones is 1. The Morgan fingerprint density at radius 2 is 1.85 bits per heavy atom. The number of anilines is 1. The molecule has 0 fully saturated rings. The fourth-order valence-corrected chi connectivity index (χ4v) is 2.65. The topological polar surface area (TPSA) is 37.4 Å². The Morgan fingerprint density at radius 3 is 2.45 bits per heavy atom. The predicted molar refractivity (Wildman–Crippen MR) is 66.1 cm³/mol. The summed E-state index contributed by atoms with van der Waals surface area (Å²) in [5, 5.41) is 0. The Labute approximate surface area is 119 Å². The van der Waals surface area contributed by atoms with Gasteiger partial charge in [0.2, 0.25) is 0 Å². The van der Waals surface area contributed by atoms with E-state index in [1.807, 2.05) is 0 Å². The summed E-state index contributed by atoms with van der Waals surface area (Å²) in [6.45, 7) is -0.249. The molecule has 8 heteroatoms. The molecular weight excluding hydrogens is 346 g/mol. The summed E-state index contributed by atoms with van der Waals surface area (Å²) in [4.78, 5) is 24.4. The molecule has 0 radical (unpaired) electrons. The second-order valence-electron chi connectivity index (χ2n) is 4.29. The second-order valence-corrected chi connectivity index (χ2v) is 5.14. The summed E-state index contributed by atoms with van der Waals surface area (Å²) in [6, 6.07) is 1.96. The first-order chi connectivity index (χ1) is 9.20. The number of hydrogen-bond donors (Lipinski definition) is 0. The van der Waals surface area contributed by atoms with Crippen LogP contribution in [0.4, 0.5) is 23.2 Å². The van der Waals surface area contributed by atoms with Crippen LogP contribution in [-0.2, 0) is 4.79 Å². The summed E-state index contributed by atoms with van der Waals surface area (Å²) in [7, 11) is 0. The molecule has 1 heterocycles.